The van der Waals surface area contributed by atoms with Crippen LogP contribution < -0.4 is 5.73 Å². The van der Waals surface area contributed by atoms with E-state index in [0.717, 1.165) is 31.2 Å². The van der Waals surface area contributed by atoms with Gasteiger partial charge in [-0.3, -0.25) is 4.79 Å². The van der Waals surface area contributed by atoms with Crippen LogP contribution in [0.15, 0.2) is 30.6 Å². The summed E-state index contributed by atoms with van der Waals surface area (Å²) in [7, 11) is 0. The van der Waals surface area contributed by atoms with Crippen LogP contribution in [0.2, 0.25) is 0 Å². The van der Waals surface area contributed by atoms with Gasteiger partial charge in [-0.1, -0.05) is 31.1 Å². The number of pyridine rings is 1. The van der Waals surface area contributed by atoms with E-state index in [-0.39, 0.29) is 11.9 Å². The normalized spacial score (nSPS) is 15.4. The lowest BCUT2D eigenvalue weighted by molar-refractivity contribution is 0.0716. The van der Waals surface area contributed by atoms with Gasteiger partial charge in [0.05, 0.1) is 28.8 Å². The molecule has 2 aromatic heterocycles. The minimum atomic E-state index is -0.0316. The molecule has 0 atom stereocenters. The Morgan fingerprint density at radius 2 is 2.19 bits per heavy atom. The van der Waals surface area contributed by atoms with Crippen LogP contribution in [-0.2, 0) is 0 Å². The van der Waals surface area contributed by atoms with E-state index in [2.05, 4.69) is 5.10 Å². The summed E-state index contributed by atoms with van der Waals surface area (Å²) in [4.78, 5) is 15.1. The number of carbonyl (C=O) groups is 1. The van der Waals surface area contributed by atoms with Gasteiger partial charge >= 0.3 is 0 Å². The highest BCUT2D eigenvalue weighted by molar-refractivity contribution is 7.80. The van der Waals surface area contributed by atoms with E-state index >= 15 is 0 Å². The molecule has 6 heteroatoms. The number of nitrogens with two attached hydrogens (primary N) is 1. The van der Waals surface area contributed by atoms with Crippen LogP contribution >= 0.6 is 12.2 Å². The van der Waals surface area contributed by atoms with Crippen molar-refractivity contribution < 1.29 is 4.79 Å². The summed E-state index contributed by atoms with van der Waals surface area (Å²) in [5.74, 6) is -0.0316. The van der Waals surface area contributed by atoms with E-state index < -0.39 is 0 Å². The monoisotopic (exact) mass is 302 g/mol. The average Bonchev–Trinajstić information content (AvgIpc) is 3.13. The second-order valence-electron chi connectivity index (χ2n) is 5.43. The van der Waals surface area contributed by atoms with Crippen molar-refractivity contribution in [1.82, 2.24) is 14.5 Å². The van der Waals surface area contributed by atoms with Gasteiger partial charge in [0.15, 0.2) is 0 Å². The van der Waals surface area contributed by atoms with Crippen LogP contribution in [-0.4, -0.2) is 38.0 Å². The lowest BCUT2D eigenvalue weighted by Crippen LogP contribution is -2.43. The number of rotatable bonds is 4. The molecule has 0 saturated heterocycles. The molecule has 0 bridgehead atoms. The molecule has 2 N–H and O–H groups in total. The molecule has 3 rings (SSSR count). The minimum Gasteiger partial charge on any atom is -0.392 e. The number of nitrogens with zero attached hydrogens (tertiary/aromatic N) is 3. The van der Waals surface area contributed by atoms with Gasteiger partial charge in [-0.2, -0.15) is 5.10 Å². The fraction of sp³-hybridized carbons (Fsp3) is 0.400. The van der Waals surface area contributed by atoms with Crippen molar-refractivity contribution in [2.75, 3.05) is 6.54 Å². The first-order valence-electron chi connectivity index (χ1n) is 7.18. The van der Waals surface area contributed by atoms with Crippen molar-refractivity contribution in [2.24, 2.45) is 5.73 Å². The van der Waals surface area contributed by atoms with Gasteiger partial charge in [0.25, 0.3) is 5.91 Å². The first-order valence-corrected chi connectivity index (χ1v) is 7.59. The maximum atomic E-state index is 12.9. The molecule has 0 aliphatic heterocycles. The minimum absolute atomic E-state index is 0.0316. The molecule has 5 nitrogen and oxygen atoms in total. The van der Waals surface area contributed by atoms with Crippen LogP contribution in [0.3, 0.4) is 0 Å². The van der Waals surface area contributed by atoms with E-state index in [1.54, 1.807) is 10.7 Å². The number of thiocarbonyl (C=S) groups is 1. The summed E-state index contributed by atoms with van der Waals surface area (Å²) in [5, 5.41) is 4.23. The third kappa shape index (κ3) is 2.76. The molecule has 1 amide bonds. The predicted molar refractivity (Wildman–Crippen MR) is 85.3 cm³/mol. The molecule has 0 radical (unpaired) electrons. The standard InChI is InChI=1S/C15H18N4OS/c16-14(21)10-18(11-5-1-2-6-11)15(20)12-9-17-19-8-4-3-7-13(12)19/h3-4,7-9,11H,1-2,5-6,10H2,(H2,16,21). The van der Waals surface area contributed by atoms with E-state index in [0.29, 0.717) is 17.1 Å². The summed E-state index contributed by atoms with van der Waals surface area (Å²) >= 11 is 5.01. The molecule has 2 aromatic rings. The van der Waals surface area contributed by atoms with Crippen LogP contribution in [0.5, 0.6) is 0 Å². The van der Waals surface area contributed by atoms with Crippen LogP contribution in [0.4, 0.5) is 0 Å². The Morgan fingerprint density at radius 3 is 2.90 bits per heavy atom. The highest BCUT2D eigenvalue weighted by atomic mass is 32.1. The largest absolute Gasteiger partial charge is 0.392 e. The molecule has 0 aromatic carbocycles. The van der Waals surface area contributed by atoms with Gasteiger partial charge in [-0.05, 0) is 25.0 Å². The molecule has 1 saturated carbocycles. The quantitative estimate of drug-likeness (QED) is 0.878. The number of hydrogen-bond acceptors (Lipinski definition) is 3. The summed E-state index contributed by atoms with van der Waals surface area (Å²) in [6.45, 7) is 0.336. The van der Waals surface area contributed by atoms with Crippen LogP contribution in [0.1, 0.15) is 36.0 Å². The molecule has 110 valence electrons. The van der Waals surface area contributed by atoms with Crippen molar-refractivity contribution in [3.05, 3.63) is 36.2 Å². The molecule has 0 spiro atoms. The van der Waals surface area contributed by atoms with Crippen molar-refractivity contribution in [1.29, 1.82) is 0 Å². The first kappa shape index (κ1) is 14.0. The Hall–Kier alpha value is -1.95. The number of aromatic nitrogens is 2. The van der Waals surface area contributed by atoms with Crippen molar-refractivity contribution in [2.45, 2.75) is 31.7 Å². The van der Waals surface area contributed by atoms with E-state index in [4.69, 9.17) is 18.0 Å². The van der Waals surface area contributed by atoms with Gasteiger partial charge in [-0.15, -0.1) is 0 Å². The zero-order valence-corrected chi connectivity index (χ0v) is 12.6. The van der Waals surface area contributed by atoms with Crippen molar-refractivity contribution in [3.63, 3.8) is 0 Å². The molecular weight excluding hydrogens is 284 g/mol. The zero-order chi connectivity index (χ0) is 14.8. The lowest BCUT2D eigenvalue weighted by atomic mass is 10.1. The average molecular weight is 302 g/mol. The first-order chi connectivity index (χ1) is 10.2. The van der Waals surface area contributed by atoms with E-state index in [1.807, 2.05) is 29.3 Å². The fourth-order valence-electron chi connectivity index (χ4n) is 3.00. The maximum absolute atomic E-state index is 12.9. The summed E-state index contributed by atoms with van der Waals surface area (Å²) < 4.78 is 1.71. The van der Waals surface area contributed by atoms with Crippen molar-refractivity contribution in [3.8, 4) is 0 Å². The number of amides is 1. The molecule has 21 heavy (non-hydrogen) atoms. The van der Waals surface area contributed by atoms with Gasteiger partial charge in [0.2, 0.25) is 0 Å². The molecule has 1 aliphatic rings. The molecule has 1 aliphatic carbocycles. The molecule has 2 heterocycles. The Morgan fingerprint density at radius 1 is 1.43 bits per heavy atom. The molecular formula is C15H18N4OS. The topological polar surface area (TPSA) is 63.6 Å². The second kappa shape index (κ2) is 5.81. The summed E-state index contributed by atoms with van der Waals surface area (Å²) in [6, 6.07) is 5.92. The smallest absolute Gasteiger partial charge is 0.258 e. The third-order valence-electron chi connectivity index (χ3n) is 4.01. The highest BCUT2D eigenvalue weighted by Gasteiger charge is 2.29. The predicted octanol–water partition coefficient (Wildman–Crippen LogP) is 2.01. The van der Waals surface area contributed by atoms with Crippen LogP contribution in [0.25, 0.3) is 5.52 Å². The highest BCUT2D eigenvalue weighted by Crippen LogP contribution is 2.25. The SMILES string of the molecule is NC(=S)CN(C(=O)c1cnn2ccccc12)C1CCCC1. The lowest BCUT2D eigenvalue weighted by Gasteiger charge is -2.28. The third-order valence-corrected chi connectivity index (χ3v) is 4.14. The Bertz CT molecular complexity index is 675. The fourth-order valence-corrected chi connectivity index (χ4v) is 3.14. The maximum Gasteiger partial charge on any atom is 0.258 e. The summed E-state index contributed by atoms with van der Waals surface area (Å²) in [6.07, 6.45) is 7.81. The van der Waals surface area contributed by atoms with Gasteiger partial charge < -0.3 is 10.6 Å². The number of carbonyl (C=O) groups excluding carboxylic acids is 1. The molecule has 1 fully saturated rings. The Kier molecular flexibility index (Phi) is 3.88. The van der Waals surface area contributed by atoms with Gasteiger partial charge in [0, 0.05) is 12.2 Å². The van der Waals surface area contributed by atoms with Crippen molar-refractivity contribution >= 4 is 28.6 Å². The van der Waals surface area contributed by atoms with Crippen LogP contribution in [0, 0.1) is 0 Å². The summed E-state index contributed by atoms with van der Waals surface area (Å²) in [5.41, 5.74) is 7.10. The van der Waals surface area contributed by atoms with Gasteiger partial charge in [-0.25, -0.2) is 4.52 Å². The Labute approximate surface area is 128 Å². The number of fused-ring (bicyclic) bond motifs is 1. The molecule has 0 unspecified atom stereocenters. The second-order valence-corrected chi connectivity index (χ2v) is 5.95. The number of hydrogen-bond donors (Lipinski definition) is 1. The zero-order valence-electron chi connectivity index (χ0n) is 11.7. The van der Waals surface area contributed by atoms with E-state index in [1.165, 1.54) is 0 Å². The van der Waals surface area contributed by atoms with E-state index in [9.17, 15) is 4.79 Å². The Balaban J connectivity index is 1.94. The van der Waals surface area contributed by atoms with Gasteiger partial charge in [0.1, 0.15) is 0 Å².